The molecule has 1 saturated carbocycles. The summed E-state index contributed by atoms with van der Waals surface area (Å²) in [6, 6.07) is 32.2. The first-order valence-corrected chi connectivity index (χ1v) is 18.2. The highest BCUT2D eigenvalue weighted by Crippen LogP contribution is 3.02. The second kappa shape index (κ2) is 10.0. The fourth-order valence-electron chi connectivity index (χ4n) is 8.22. The minimum atomic E-state index is -0.958. The van der Waals surface area contributed by atoms with Crippen LogP contribution in [-0.4, -0.2) is 23.3 Å². The minimum Gasteiger partial charge on any atom is -0.392 e. The normalized spacial score (nSPS) is 34.9. The Morgan fingerprint density at radius 1 is 0.800 bits per heavy atom. The number of cyclic esters (lactones) is 2. The SMILES string of the molecule is CC(C)[C@@H]1CC[C@@H](C)C[C@@H]1P1P2C(c3ccccc3)=C(c3ccccc3)C1(c1ccccc1)C1C(=O)OC(=O)C12. The lowest BCUT2D eigenvalue weighted by Crippen LogP contribution is -2.41. The summed E-state index contributed by atoms with van der Waals surface area (Å²) in [5.41, 5.74) is 5.00. The van der Waals surface area contributed by atoms with E-state index in [9.17, 15) is 9.59 Å². The molecule has 3 nitrogen and oxygen atoms in total. The van der Waals surface area contributed by atoms with Crippen LogP contribution in [0.2, 0.25) is 0 Å². The van der Waals surface area contributed by atoms with E-state index < -0.39 is 26.3 Å². The number of fused-ring (bicyclic) bond motifs is 5. The molecule has 0 radical (unpaired) electrons. The van der Waals surface area contributed by atoms with Crippen LogP contribution in [0.1, 0.15) is 56.7 Å². The average Bonchev–Trinajstić information content (AvgIpc) is 3.57. The summed E-state index contributed by atoms with van der Waals surface area (Å²) in [6.07, 6.45) is 3.66. The maximum Gasteiger partial charge on any atom is 0.322 e. The number of benzene rings is 3. The first kappa shape index (κ1) is 26.3. The summed E-state index contributed by atoms with van der Waals surface area (Å²) in [4.78, 5) is 27.6. The fraction of sp³-hybridized carbons (Fsp3) is 0.371. The third-order valence-electron chi connectivity index (χ3n) is 9.79. The zero-order valence-corrected chi connectivity index (χ0v) is 25.2. The van der Waals surface area contributed by atoms with Crippen molar-refractivity contribution in [1.82, 2.24) is 0 Å². The van der Waals surface area contributed by atoms with Crippen LogP contribution in [0.5, 0.6) is 0 Å². The second-order valence-corrected chi connectivity index (χ2v) is 18.7. The van der Waals surface area contributed by atoms with Gasteiger partial charge in [0, 0.05) is 0 Å². The highest BCUT2D eigenvalue weighted by molar-refractivity contribution is 8.37. The average molecular weight is 567 g/mol. The smallest absolute Gasteiger partial charge is 0.322 e. The molecule has 7 rings (SSSR count). The molecular weight excluding hydrogens is 530 g/mol. The van der Waals surface area contributed by atoms with Gasteiger partial charge >= 0.3 is 11.9 Å². The Morgan fingerprint density at radius 3 is 2.02 bits per heavy atom. The van der Waals surface area contributed by atoms with Crippen molar-refractivity contribution in [3.05, 3.63) is 108 Å². The van der Waals surface area contributed by atoms with Gasteiger partial charge in [0.15, 0.2) is 0 Å². The summed E-state index contributed by atoms with van der Waals surface area (Å²) in [6.45, 7) is 7.17. The predicted molar refractivity (Wildman–Crippen MR) is 165 cm³/mol. The molecule has 204 valence electrons. The molecule has 3 heterocycles. The molecule has 0 spiro atoms. The van der Waals surface area contributed by atoms with Crippen LogP contribution in [-0.2, 0) is 19.5 Å². The zero-order chi connectivity index (χ0) is 27.6. The number of esters is 2. The van der Waals surface area contributed by atoms with Gasteiger partial charge in [-0.25, -0.2) is 0 Å². The maximum absolute atomic E-state index is 13.9. The van der Waals surface area contributed by atoms with Gasteiger partial charge in [0.1, 0.15) is 5.66 Å². The van der Waals surface area contributed by atoms with Gasteiger partial charge in [0.05, 0.1) is 11.1 Å². The molecule has 8 atom stereocenters. The Bertz CT molecular complexity index is 1470. The molecule has 2 saturated heterocycles. The lowest BCUT2D eigenvalue weighted by atomic mass is 9.74. The van der Waals surface area contributed by atoms with E-state index in [1.807, 2.05) is 0 Å². The van der Waals surface area contributed by atoms with E-state index in [0.717, 1.165) is 0 Å². The number of rotatable bonds is 5. The van der Waals surface area contributed by atoms with Crippen molar-refractivity contribution in [2.45, 2.75) is 56.5 Å². The highest BCUT2D eigenvalue weighted by atomic mass is 32.1. The predicted octanol–water partition coefficient (Wildman–Crippen LogP) is 8.89. The summed E-state index contributed by atoms with van der Waals surface area (Å²) >= 11 is 0. The lowest BCUT2D eigenvalue weighted by molar-refractivity contribution is -0.153. The Labute approximate surface area is 239 Å². The molecule has 5 heteroatoms. The lowest BCUT2D eigenvalue weighted by Gasteiger charge is -2.48. The number of allylic oxidation sites excluding steroid dienone is 1. The second-order valence-electron chi connectivity index (χ2n) is 12.3. The third-order valence-corrected chi connectivity index (χ3v) is 19.5. The van der Waals surface area contributed by atoms with E-state index in [2.05, 4.69) is 112 Å². The van der Waals surface area contributed by atoms with E-state index in [1.165, 1.54) is 46.8 Å². The van der Waals surface area contributed by atoms with Gasteiger partial charge < -0.3 is 4.74 Å². The summed E-state index contributed by atoms with van der Waals surface area (Å²) in [7, 11) is -1.73. The van der Waals surface area contributed by atoms with Crippen molar-refractivity contribution in [2.75, 3.05) is 0 Å². The molecule has 5 unspecified atom stereocenters. The standard InChI is InChI=1S/C35H36O3P2/c1-22(2)27-20-19-23(3)21-28(27)40-35(26-17-11-6-12-18-26)29(24-13-7-4-8-14-24)31(25-15-9-5-10-16-25)39(40)32-30(35)33(36)38-34(32)37/h4-18,22-23,27-28,30,32H,19-21H2,1-3H3/t23-,27+,28+,30?,32?,35?,39?,40?/m1/s1. The van der Waals surface area contributed by atoms with Crippen LogP contribution in [0.3, 0.4) is 0 Å². The quantitative estimate of drug-likeness (QED) is 0.176. The molecule has 4 aliphatic rings. The van der Waals surface area contributed by atoms with Crippen LogP contribution in [0.25, 0.3) is 10.9 Å². The van der Waals surface area contributed by atoms with Crippen LogP contribution < -0.4 is 0 Å². The van der Waals surface area contributed by atoms with Crippen molar-refractivity contribution in [3.63, 3.8) is 0 Å². The zero-order valence-electron chi connectivity index (χ0n) is 23.4. The first-order valence-electron chi connectivity index (χ1n) is 14.7. The third kappa shape index (κ3) is 3.70. The van der Waals surface area contributed by atoms with Crippen molar-refractivity contribution in [3.8, 4) is 0 Å². The molecule has 3 aromatic rings. The number of hydrogen-bond acceptors (Lipinski definition) is 3. The van der Waals surface area contributed by atoms with Crippen LogP contribution in [0, 0.1) is 23.7 Å². The van der Waals surface area contributed by atoms with E-state index in [0.29, 0.717) is 23.4 Å². The number of hydrogen-bond donors (Lipinski definition) is 0. The van der Waals surface area contributed by atoms with Gasteiger partial charge in [0.2, 0.25) is 0 Å². The topological polar surface area (TPSA) is 43.4 Å². The number of carbonyl (C=O) groups is 2. The summed E-state index contributed by atoms with van der Waals surface area (Å²) in [5, 5.41) is 0.794. The van der Waals surface area contributed by atoms with Crippen molar-refractivity contribution < 1.29 is 14.3 Å². The molecule has 3 aliphatic heterocycles. The number of ether oxygens (including phenoxy) is 1. The molecule has 40 heavy (non-hydrogen) atoms. The molecular formula is C35H36O3P2. The van der Waals surface area contributed by atoms with Gasteiger partial charge in [-0.1, -0.05) is 126 Å². The van der Waals surface area contributed by atoms with E-state index in [1.54, 1.807) is 0 Å². The van der Waals surface area contributed by atoms with Gasteiger partial charge in [-0.3, -0.25) is 9.59 Å². The van der Waals surface area contributed by atoms with E-state index in [-0.39, 0.29) is 17.6 Å². The van der Waals surface area contributed by atoms with Crippen molar-refractivity contribution >= 4 is 38.0 Å². The Hall–Kier alpha value is -2.60. The minimum absolute atomic E-state index is 0.281. The monoisotopic (exact) mass is 566 g/mol. The van der Waals surface area contributed by atoms with Crippen LogP contribution in [0.15, 0.2) is 91.0 Å². The molecule has 3 fully saturated rings. The van der Waals surface area contributed by atoms with Gasteiger partial charge in [-0.05, 0) is 71.4 Å². The number of carbonyl (C=O) groups excluding carboxylic acids is 2. The summed E-state index contributed by atoms with van der Waals surface area (Å²) in [5.74, 6) is 0.764. The van der Waals surface area contributed by atoms with Gasteiger partial charge in [-0.15, -0.1) is 0 Å². The Morgan fingerprint density at radius 2 is 1.40 bits per heavy atom. The van der Waals surface area contributed by atoms with E-state index in [4.69, 9.17) is 4.74 Å². The molecule has 0 amide bonds. The summed E-state index contributed by atoms with van der Waals surface area (Å²) < 4.78 is 5.58. The Balaban J connectivity index is 1.60. The van der Waals surface area contributed by atoms with Crippen molar-refractivity contribution in [2.24, 2.45) is 23.7 Å². The molecule has 0 aromatic heterocycles. The van der Waals surface area contributed by atoms with Crippen LogP contribution in [0.4, 0.5) is 0 Å². The molecule has 0 N–H and O–H groups in total. The molecule has 2 bridgehead atoms. The first-order chi connectivity index (χ1) is 19.4. The van der Waals surface area contributed by atoms with Crippen LogP contribution >= 0.6 is 15.2 Å². The highest BCUT2D eigenvalue weighted by Gasteiger charge is 2.77. The van der Waals surface area contributed by atoms with E-state index >= 15 is 0 Å². The largest absolute Gasteiger partial charge is 0.392 e. The van der Waals surface area contributed by atoms with Crippen molar-refractivity contribution in [1.29, 1.82) is 0 Å². The maximum atomic E-state index is 13.9. The molecule has 1 aliphatic carbocycles. The van der Waals surface area contributed by atoms with Gasteiger partial charge in [-0.2, -0.15) is 0 Å². The Kier molecular flexibility index (Phi) is 6.60. The fourth-order valence-corrected chi connectivity index (χ4v) is 21.6. The molecule has 3 aromatic carbocycles. The van der Waals surface area contributed by atoms with Gasteiger partial charge in [0.25, 0.3) is 0 Å².